The van der Waals surface area contributed by atoms with Crippen LogP contribution in [0.15, 0.2) is 54.6 Å². The monoisotopic (exact) mass is 534 g/mol. The third-order valence-corrected chi connectivity index (χ3v) is 8.52. The van der Waals surface area contributed by atoms with Crippen LogP contribution in [0, 0.1) is 11.3 Å². The average molecular weight is 535 g/mol. The zero-order chi connectivity index (χ0) is 28.0. The Morgan fingerprint density at radius 1 is 0.949 bits per heavy atom. The van der Waals surface area contributed by atoms with Crippen LogP contribution >= 0.6 is 0 Å². The molecule has 0 radical (unpaired) electrons. The maximum atomic E-state index is 13.7. The summed E-state index contributed by atoms with van der Waals surface area (Å²) < 4.78 is 5.97. The Morgan fingerprint density at radius 3 is 2.21 bits per heavy atom. The van der Waals surface area contributed by atoms with E-state index in [-0.39, 0.29) is 17.5 Å². The first-order valence-corrected chi connectivity index (χ1v) is 14.8. The average Bonchev–Trinajstić information content (AvgIpc) is 2.91. The number of rotatable bonds is 9. The lowest BCUT2D eigenvalue weighted by Crippen LogP contribution is -2.60. The Balaban J connectivity index is 1.52. The highest BCUT2D eigenvalue weighted by Crippen LogP contribution is 2.36. The standard InChI is InChI=1S/C33H50N4O2/c1-33(2,3)30-25-36(20-21-37(30)31(38)24-26-16-18-35(6)19-17-26)32(27-10-8-7-9-11-27)28-12-14-29(15-13-28)39-23-22-34(4)5/h7-15,26,30,32H,16-25H2,1-6H3/t30-,32?/m1/s1. The number of piperidine rings is 1. The minimum absolute atomic E-state index is 0.00745. The normalized spacial score (nSPS) is 20.8. The first-order valence-electron chi connectivity index (χ1n) is 14.8. The molecule has 39 heavy (non-hydrogen) atoms. The summed E-state index contributed by atoms with van der Waals surface area (Å²) in [5, 5.41) is 0. The van der Waals surface area contributed by atoms with Crippen LogP contribution in [0.1, 0.15) is 57.2 Å². The molecule has 2 aliphatic rings. The van der Waals surface area contributed by atoms with Gasteiger partial charge in [0.15, 0.2) is 0 Å². The fraction of sp³-hybridized carbons (Fsp3) is 0.606. The second-order valence-corrected chi connectivity index (χ2v) is 12.9. The van der Waals surface area contributed by atoms with Gasteiger partial charge in [0.05, 0.1) is 6.04 Å². The van der Waals surface area contributed by atoms with Crippen LogP contribution in [0.3, 0.4) is 0 Å². The number of nitrogens with zero attached hydrogens (tertiary/aromatic N) is 4. The van der Waals surface area contributed by atoms with Crippen molar-refractivity contribution in [1.29, 1.82) is 0 Å². The maximum absolute atomic E-state index is 13.7. The number of piperazine rings is 1. The van der Waals surface area contributed by atoms with Gasteiger partial charge in [-0.3, -0.25) is 9.69 Å². The predicted octanol–water partition coefficient (Wildman–Crippen LogP) is 5.01. The minimum Gasteiger partial charge on any atom is -0.492 e. The molecule has 2 heterocycles. The van der Waals surface area contributed by atoms with Gasteiger partial charge in [0.1, 0.15) is 12.4 Å². The van der Waals surface area contributed by atoms with E-state index in [9.17, 15) is 4.79 Å². The van der Waals surface area contributed by atoms with Crippen molar-refractivity contribution in [3.8, 4) is 5.75 Å². The summed E-state index contributed by atoms with van der Waals surface area (Å²) in [7, 11) is 6.30. The van der Waals surface area contributed by atoms with Gasteiger partial charge >= 0.3 is 0 Å². The van der Waals surface area contributed by atoms with Gasteiger partial charge in [-0.1, -0.05) is 63.2 Å². The maximum Gasteiger partial charge on any atom is 0.223 e. The van der Waals surface area contributed by atoms with Crippen molar-refractivity contribution in [2.75, 3.05) is 67.0 Å². The van der Waals surface area contributed by atoms with Crippen molar-refractivity contribution in [2.24, 2.45) is 11.3 Å². The molecule has 2 aromatic rings. The number of benzene rings is 2. The molecule has 6 heteroatoms. The molecular weight excluding hydrogens is 484 g/mol. The van der Waals surface area contributed by atoms with Crippen molar-refractivity contribution >= 4 is 5.91 Å². The molecular formula is C33H50N4O2. The lowest BCUT2D eigenvalue weighted by Gasteiger charge is -2.50. The van der Waals surface area contributed by atoms with E-state index in [1.807, 2.05) is 0 Å². The highest BCUT2D eigenvalue weighted by Gasteiger charge is 2.40. The summed E-state index contributed by atoms with van der Waals surface area (Å²) in [5.74, 6) is 1.77. The van der Waals surface area contributed by atoms with Crippen LogP contribution in [0.25, 0.3) is 0 Å². The number of carbonyl (C=O) groups excluding carboxylic acids is 1. The molecule has 2 aliphatic heterocycles. The van der Waals surface area contributed by atoms with Crippen molar-refractivity contribution in [3.05, 3.63) is 65.7 Å². The number of likely N-dealkylation sites (N-methyl/N-ethyl adjacent to an activating group) is 1. The van der Waals surface area contributed by atoms with Gasteiger partial charge in [-0.2, -0.15) is 0 Å². The van der Waals surface area contributed by atoms with Crippen molar-refractivity contribution in [1.82, 2.24) is 19.6 Å². The van der Waals surface area contributed by atoms with E-state index in [0.717, 1.165) is 57.9 Å². The zero-order valence-electron chi connectivity index (χ0n) is 25.1. The van der Waals surface area contributed by atoms with Crippen LogP contribution < -0.4 is 4.74 Å². The van der Waals surface area contributed by atoms with Crippen LogP contribution in [-0.2, 0) is 4.79 Å². The SMILES string of the molecule is CN(C)CCOc1ccc(C(c2ccccc2)N2CCN(C(=O)CC3CCN(C)CC3)[C@@H](C(C)(C)C)C2)cc1. The van der Waals surface area contributed by atoms with E-state index in [2.05, 4.69) is 116 Å². The molecule has 1 unspecified atom stereocenters. The topological polar surface area (TPSA) is 39.3 Å². The summed E-state index contributed by atoms with van der Waals surface area (Å²) in [6.07, 6.45) is 2.96. The van der Waals surface area contributed by atoms with Crippen LogP contribution in [-0.4, -0.2) is 98.6 Å². The third-order valence-electron chi connectivity index (χ3n) is 8.52. The van der Waals surface area contributed by atoms with E-state index in [4.69, 9.17) is 4.74 Å². The lowest BCUT2D eigenvalue weighted by atomic mass is 9.82. The summed E-state index contributed by atoms with van der Waals surface area (Å²) >= 11 is 0. The van der Waals surface area contributed by atoms with E-state index in [0.29, 0.717) is 24.9 Å². The Kier molecular flexibility index (Phi) is 10.1. The first-order chi connectivity index (χ1) is 18.6. The molecule has 0 saturated carbocycles. The number of hydrogen-bond donors (Lipinski definition) is 0. The highest BCUT2D eigenvalue weighted by atomic mass is 16.5. The number of amides is 1. The van der Waals surface area contributed by atoms with E-state index in [1.54, 1.807) is 0 Å². The summed E-state index contributed by atoms with van der Waals surface area (Å²) in [6, 6.07) is 19.7. The van der Waals surface area contributed by atoms with Crippen LogP contribution in [0.4, 0.5) is 0 Å². The van der Waals surface area contributed by atoms with Gasteiger partial charge < -0.3 is 19.4 Å². The fourth-order valence-electron chi connectivity index (χ4n) is 6.05. The Labute approximate surface area is 236 Å². The molecule has 2 atom stereocenters. The molecule has 6 nitrogen and oxygen atoms in total. The summed E-state index contributed by atoms with van der Waals surface area (Å²) in [5.41, 5.74) is 2.55. The number of likely N-dealkylation sites (tertiary alicyclic amines) is 1. The zero-order valence-corrected chi connectivity index (χ0v) is 25.1. The smallest absolute Gasteiger partial charge is 0.223 e. The molecule has 0 spiro atoms. The molecule has 2 saturated heterocycles. The van der Waals surface area contributed by atoms with Gasteiger partial charge in [0.25, 0.3) is 0 Å². The van der Waals surface area contributed by atoms with Gasteiger partial charge in [0, 0.05) is 38.6 Å². The molecule has 0 aromatic heterocycles. The van der Waals surface area contributed by atoms with E-state index < -0.39 is 0 Å². The first kappa shape index (κ1) is 29.6. The minimum atomic E-state index is -0.00745. The molecule has 2 fully saturated rings. The van der Waals surface area contributed by atoms with Gasteiger partial charge in [-0.05, 0) is 81.7 Å². The number of carbonyl (C=O) groups is 1. The van der Waals surface area contributed by atoms with Crippen molar-refractivity contribution in [3.63, 3.8) is 0 Å². The molecule has 0 bridgehead atoms. The largest absolute Gasteiger partial charge is 0.492 e. The third kappa shape index (κ3) is 8.06. The molecule has 0 aliphatic carbocycles. The lowest BCUT2D eigenvalue weighted by molar-refractivity contribution is -0.141. The van der Waals surface area contributed by atoms with Gasteiger partial charge in [-0.25, -0.2) is 0 Å². The summed E-state index contributed by atoms with van der Waals surface area (Å²) in [4.78, 5) is 23.0. The Hall–Kier alpha value is -2.41. The van der Waals surface area contributed by atoms with E-state index >= 15 is 0 Å². The second-order valence-electron chi connectivity index (χ2n) is 12.9. The van der Waals surface area contributed by atoms with Crippen molar-refractivity contribution in [2.45, 2.75) is 52.1 Å². The molecule has 0 N–H and O–H groups in total. The van der Waals surface area contributed by atoms with Gasteiger partial charge in [0.2, 0.25) is 5.91 Å². The second kappa shape index (κ2) is 13.3. The van der Waals surface area contributed by atoms with Crippen LogP contribution in [0.2, 0.25) is 0 Å². The predicted molar refractivity (Wildman–Crippen MR) is 160 cm³/mol. The van der Waals surface area contributed by atoms with Crippen LogP contribution in [0.5, 0.6) is 5.75 Å². The van der Waals surface area contributed by atoms with E-state index in [1.165, 1.54) is 11.1 Å². The molecule has 4 rings (SSSR count). The quantitative estimate of drug-likeness (QED) is 0.452. The Bertz CT molecular complexity index is 1030. The number of hydrogen-bond acceptors (Lipinski definition) is 5. The number of ether oxygens (including phenoxy) is 1. The highest BCUT2D eigenvalue weighted by molar-refractivity contribution is 5.77. The Morgan fingerprint density at radius 2 is 1.59 bits per heavy atom. The van der Waals surface area contributed by atoms with Crippen molar-refractivity contribution < 1.29 is 9.53 Å². The molecule has 2 aromatic carbocycles. The molecule has 214 valence electrons. The van der Waals surface area contributed by atoms with Gasteiger partial charge in [-0.15, -0.1) is 0 Å². The summed E-state index contributed by atoms with van der Waals surface area (Å²) in [6.45, 7) is 13.1. The fourth-order valence-corrected chi connectivity index (χ4v) is 6.05. The molecule has 1 amide bonds.